The number of hydrogen-bond acceptors (Lipinski definition) is 4. The number of anilines is 1. The maximum absolute atomic E-state index is 5.85. The molecule has 1 aromatic heterocycles. The van der Waals surface area contributed by atoms with E-state index < -0.39 is 0 Å². The number of ether oxygens (including phenoxy) is 1. The fourth-order valence-corrected chi connectivity index (χ4v) is 1.96. The van der Waals surface area contributed by atoms with Gasteiger partial charge in [-0.15, -0.1) is 0 Å². The molecule has 0 spiro atoms. The molecule has 0 radical (unpaired) electrons. The smallest absolute Gasteiger partial charge is 0.224 e. The highest BCUT2D eigenvalue weighted by Crippen LogP contribution is 2.17. The number of hydrogen-bond donors (Lipinski definition) is 0. The summed E-state index contributed by atoms with van der Waals surface area (Å²) in [7, 11) is 0. The number of alkyl halides is 1. The van der Waals surface area contributed by atoms with Crippen molar-refractivity contribution in [2.75, 3.05) is 31.2 Å². The summed E-state index contributed by atoms with van der Waals surface area (Å²) in [5, 5.41) is 0.987. The van der Waals surface area contributed by atoms with E-state index in [0.717, 1.165) is 37.8 Å². The van der Waals surface area contributed by atoms with Crippen LogP contribution in [0.3, 0.4) is 0 Å². The molecule has 1 fully saturated rings. The topological polar surface area (TPSA) is 38.2 Å². The van der Waals surface area contributed by atoms with Crippen LogP contribution in [0, 0.1) is 0 Å². The molecule has 0 saturated carbocycles. The third-order valence-electron chi connectivity index (χ3n) is 2.21. The molecule has 6 heteroatoms. The zero-order valence-corrected chi connectivity index (χ0v) is 10.5. The predicted molar refractivity (Wildman–Crippen MR) is 62.7 cm³/mol. The van der Waals surface area contributed by atoms with Gasteiger partial charge in [-0.2, -0.15) is 0 Å². The highest BCUT2D eigenvalue weighted by Gasteiger charge is 2.13. The number of halogens is 2. The Bertz CT molecular complexity index is 344. The van der Waals surface area contributed by atoms with Gasteiger partial charge in [-0.1, -0.05) is 15.9 Å². The molecule has 4 nitrogen and oxygen atoms in total. The minimum absolute atomic E-state index is 0.299. The van der Waals surface area contributed by atoms with Crippen molar-refractivity contribution in [1.29, 1.82) is 0 Å². The van der Waals surface area contributed by atoms with Gasteiger partial charge < -0.3 is 9.64 Å². The van der Waals surface area contributed by atoms with Crippen LogP contribution in [0.4, 0.5) is 5.82 Å². The van der Waals surface area contributed by atoms with Gasteiger partial charge in [-0.05, 0) is 11.6 Å². The summed E-state index contributed by atoms with van der Waals surface area (Å²) in [6.45, 7) is 3.20. The molecule has 0 aromatic carbocycles. The molecule has 0 amide bonds. The molecular formula is C9H11BrClN3O. The van der Waals surface area contributed by atoms with E-state index >= 15 is 0 Å². The van der Waals surface area contributed by atoms with Crippen molar-refractivity contribution in [2.45, 2.75) is 5.33 Å². The zero-order valence-electron chi connectivity index (χ0n) is 8.12. The minimum Gasteiger partial charge on any atom is -0.378 e. The van der Waals surface area contributed by atoms with E-state index in [1.54, 1.807) is 0 Å². The molecular weight excluding hydrogens is 281 g/mol. The van der Waals surface area contributed by atoms with Gasteiger partial charge in [0.1, 0.15) is 5.82 Å². The molecule has 1 saturated heterocycles. The summed E-state index contributed by atoms with van der Waals surface area (Å²) < 4.78 is 5.28. The van der Waals surface area contributed by atoms with Crippen molar-refractivity contribution < 1.29 is 4.74 Å². The molecule has 0 aliphatic carbocycles. The van der Waals surface area contributed by atoms with Gasteiger partial charge >= 0.3 is 0 Å². The molecule has 2 rings (SSSR count). The molecule has 2 heterocycles. The zero-order chi connectivity index (χ0) is 10.7. The second-order valence-electron chi connectivity index (χ2n) is 3.22. The van der Waals surface area contributed by atoms with Gasteiger partial charge in [-0.25, -0.2) is 9.97 Å². The Morgan fingerprint density at radius 2 is 2.13 bits per heavy atom. The second-order valence-corrected chi connectivity index (χ2v) is 4.12. The van der Waals surface area contributed by atoms with Crippen LogP contribution in [0.25, 0.3) is 0 Å². The van der Waals surface area contributed by atoms with Crippen LogP contribution in [0.2, 0.25) is 5.28 Å². The number of aromatic nitrogens is 2. The lowest BCUT2D eigenvalue weighted by Crippen LogP contribution is -2.36. The highest BCUT2D eigenvalue weighted by atomic mass is 79.9. The van der Waals surface area contributed by atoms with Gasteiger partial charge in [0, 0.05) is 24.5 Å². The van der Waals surface area contributed by atoms with Crippen LogP contribution < -0.4 is 4.90 Å². The van der Waals surface area contributed by atoms with Gasteiger partial charge in [0.05, 0.1) is 18.9 Å². The first-order valence-corrected chi connectivity index (χ1v) is 6.21. The summed E-state index contributed by atoms with van der Waals surface area (Å²) >= 11 is 9.20. The number of morpholine rings is 1. The Labute approximate surface area is 102 Å². The Morgan fingerprint density at radius 3 is 2.80 bits per heavy atom. The summed E-state index contributed by atoms with van der Waals surface area (Å²) in [6.07, 6.45) is 0. The van der Waals surface area contributed by atoms with Crippen LogP contribution in [0.5, 0.6) is 0 Å². The lowest BCUT2D eigenvalue weighted by molar-refractivity contribution is 0.122. The monoisotopic (exact) mass is 291 g/mol. The molecule has 82 valence electrons. The van der Waals surface area contributed by atoms with E-state index in [4.69, 9.17) is 16.3 Å². The SMILES string of the molecule is Clc1nc(CBr)cc(N2CCOCC2)n1. The summed E-state index contributed by atoms with van der Waals surface area (Å²) in [5.41, 5.74) is 0.900. The summed E-state index contributed by atoms with van der Waals surface area (Å²) in [6, 6.07) is 1.95. The van der Waals surface area contributed by atoms with Gasteiger partial charge in [0.25, 0.3) is 0 Å². The van der Waals surface area contributed by atoms with E-state index in [2.05, 4.69) is 30.8 Å². The van der Waals surface area contributed by atoms with Gasteiger partial charge in [-0.3, -0.25) is 0 Å². The van der Waals surface area contributed by atoms with Crippen LogP contribution in [-0.2, 0) is 10.1 Å². The van der Waals surface area contributed by atoms with Crippen LogP contribution in [-0.4, -0.2) is 36.3 Å². The fraction of sp³-hybridized carbons (Fsp3) is 0.556. The first kappa shape index (κ1) is 11.1. The third kappa shape index (κ3) is 2.80. The van der Waals surface area contributed by atoms with E-state index in [9.17, 15) is 0 Å². The van der Waals surface area contributed by atoms with E-state index in [1.165, 1.54) is 0 Å². The average Bonchev–Trinajstić information content (AvgIpc) is 2.29. The van der Waals surface area contributed by atoms with Crippen molar-refractivity contribution >= 4 is 33.3 Å². The van der Waals surface area contributed by atoms with Crippen molar-refractivity contribution in [1.82, 2.24) is 9.97 Å². The summed E-state index contributed by atoms with van der Waals surface area (Å²) in [4.78, 5) is 10.5. The average molecular weight is 293 g/mol. The first-order chi connectivity index (χ1) is 7.29. The van der Waals surface area contributed by atoms with Crippen molar-refractivity contribution in [3.05, 3.63) is 17.0 Å². The molecule has 0 bridgehead atoms. The maximum Gasteiger partial charge on any atom is 0.224 e. The molecule has 0 unspecified atom stereocenters. The lowest BCUT2D eigenvalue weighted by atomic mass is 10.3. The molecule has 1 aromatic rings. The molecule has 15 heavy (non-hydrogen) atoms. The molecule has 1 aliphatic rings. The second kappa shape index (κ2) is 5.09. The normalized spacial score (nSPS) is 16.8. The highest BCUT2D eigenvalue weighted by molar-refractivity contribution is 9.08. The Hall–Kier alpha value is -0.390. The molecule has 1 aliphatic heterocycles. The van der Waals surface area contributed by atoms with E-state index in [-0.39, 0.29) is 0 Å². The largest absolute Gasteiger partial charge is 0.378 e. The van der Waals surface area contributed by atoms with Crippen LogP contribution >= 0.6 is 27.5 Å². The maximum atomic E-state index is 5.85. The van der Waals surface area contributed by atoms with Gasteiger partial charge in [0.2, 0.25) is 5.28 Å². The first-order valence-electron chi connectivity index (χ1n) is 4.71. The molecule has 0 N–H and O–H groups in total. The Morgan fingerprint density at radius 1 is 1.40 bits per heavy atom. The Balaban J connectivity index is 2.22. The molecule has 0 atom stereocenters. The third-order valence-corrected chi connectivity index (χ3v) is 2.95. The van der Waals surface area contributed by atoms with Crippen molar-refractivity contribution in [3.63, 3.8) is 0 Å². The van der Waals surface area contributed by atoms with Gasteiger partial charge in [0.15, 0.2) is 0 Å². The van der Waals surface area contributed by atoms with Crippen LogP contribution in [0.1, 0.15) is 5.69 Å². The van der Waals surface area contributed by atoms with Crippen molar-refractivity contribution in [2.24, 2.45) is 0 Å². The quantitative estimate of drug-likeness (QED) is 0.616. The number of rotatable bonds is 2. The number of nitrogens with zero attached hydrogens (tertiary/aromatic N) is 3. The minimum atomic E-state index is 0.299. The Kier molecular flexibility index (Phi) is 3.77. The predicted octanol–water partition coefficient (Wildman–Crippen LogP) is 1.86. The fourth-order valence-electron chi connectivity index (χ4n) is 1.47. The van der Waals surface area contributed by atoms with Crippen molar-refractivity contribution in [3.8, 4) is 0 Å². The van der Waals surface area contributed by atoms with E-state index in [0.29, 0.717) is 10.6 Å². The standard InChI is InChI=1S/C9H11BrClN3O/c10-6-7-5-8(13-9(11)12-7)14-1-3-15-4-2-14/h5H,1-4,6H2. The van der Waals surface area contributed by atoms with Crippen LogP contribution in [0.15, 0.2) is 6.07 Å². The summed E-state index contributed by atoms with van der Waals surface area (Å²) in [5.74, 6) is 0.882. The van der Waals surface area contributed by atoms with E-state index in [1.807, 2.05) is 6.07 Å². The lowest BCUT2D eigenvalue weighted by Gasteiger charge is -2.27.